The number of para-hydroxylation sites is 1. The van der Waals surface area contributed by atoms with Crippen LogP contribution in [0.15, 0.2) is 54.6 Å². The molecule has 1 aliphatic heterocycles. The van der Waals surface area contributed by atoms with Crippen molar-refractivity contribution in [3.8, 4) is 11.6 Å². The maximum absolute atomic E-state index is 11.8. The molecule has 0 spiro atoms. The van der Waals surface area contributed by atoms with Gasteiger partial charge in [-0.25, -0.2) is 0 Å². The zero-order valence-corrected chi connectivity index (χ0v) is 13.6. The first-order valence-corrected chi connectivity index (χ1v) is 7.99. The number of carbonyl (C=O) groups is 1. The van der Waals surface area contributed by atoms with Gasteiger partial charge in [0, 0.05) is 32.2 Å². The number of amides is 1. The van der Waals surface area contributed by atoms with E-state index in [9.17, 15) is 4.79 Å². The molecule has 2 heterocycles. The smallest absolute Gasteiger partial charge is 0.246 e. The van der Waals surface area contributed by atoms with E-state index in [0.29, 0.717) is 19.0 Å². The van der Waals surface area contributed by atoms with Crippen LogP contribution in [0.4, 0.5) is 5.82 Å². The molecule has 1 aliphatic rings. The number of carbonyl (C=O) groups excluding carboxylic acids is 1. The Hall–Kier alpha value is -2.89. The molecule has 0 bridgehead atoms. The van der Waals surface area contributed by atoms with Gasteiger partial charge in [0.2, 0.25) is 11.8 Å². The monoisotopic (exact) mass is 324 g/mol. The molecule has 0 radical (unpaired) electrons. The van der Waals surface area contributed by atoms with Crippen molar-refractivity contribution in [1.29, 1.82) is 0 Å². The Kier molecular flexibility index (Phi) is 5.05. The fourth-order valence-electron chi connectivity index (χ4n) is 2.55. The number of aromatic nitrogens is 2. The molecule has 1 saturated heterocycles. The molecule has 0 unspecified atom stereocenters. The van der Waals surface area contributed by atoms with Gasteiger partial charge in [-0.1, -0.05) is 24.3 Å². The number of nitrogens with zero attached hydrogens (tertiary/aromatic N) is 4. The van der Waals surface area contributed by atoms with Gasteiger partial charge in [-0.3, -0.25) is 4.79 Å². The number of hydrogen-bond acceptors (Lipinski definition) is 5. The number of anilines is 1. The largest absolute Gasteiger partial charge is 0.438 e. The number of allylic oxidation sites excluding steroid dienone is 1. The minimum Gasteiger partial charge on any atom is -0.438 e. The standard InChI is InChI=1S/C18H20N4O2/c1-2-6-18(23)22-13-11-21(12-14-22)16-9-10-17(20-19-16)24-15-7-4-3-5-8-15/h2-10H,11-14H2,1H3/b6-2+. The quantitative estimate of drug-likeness (QED) is 0.809. The molecule has 3 rings (SSSR count). The van der Waals surface area contributed by atoms with E-state index in [1.54, 1.807) is 12.2 Å². The second-order valence-corrected chi connectivity index (χ2v) is 5.46. The number of piperazine rings is 1. The van der Waals surface area contributed by atoms with E-state index in [1.807, 2.05) is 54.3 Å². The van der Waals surface area contributed by atoms with Crippen LogP contribution >= 0.6 is 0 Å². The Morgan fingerprint density at radius 2 is 1.79 bits per heavy atom. The Balaban J connectivity index is 1.58. The first-order chi connectivity index (χ1) is 11.8. The molecular weight excluding hydrogens is 304 g/mol. The fourth-order valence-corrected chi connectivity index (χ4v) is 2.55. The average molecular weight is 324 g/mol. The van der Waals surface area contributed by atoms with Crippen LogP contribution in [0.5, 0.6) is 11.6 Å². The van der Waals surface area contributed by atoms with E-state index in [0.717, 1.165) is 24.7 Å². The predicted molar refractivity (Wildman–Crippen MR) is 92.2 cm³/mol. The third kappa shape index (κ3) is 3.90. The van der Waals surface area contributed by atoms with Crippen LogP contribution < -0.4 is 9.64 Å². The lowest BCUT2D eigenvalue weighted by Gasteiger charge is -2.34. The maximum atomic E-state index is 11.8. The van der Waals surface area contributed by atoms with E-state index in [1.165, 1.54) is 0 Å². The van der Waals surface area contributed by atoms with Crippen molar-refractivity contribution >= 4 is 11.7 Å². The second kappa shape index (κ2) is 7.59. The van der Waals surface area contributed by atoms with Gasteiger partial charge >= 0.3 is 0 Å². The van der Waals surface area contributed by atoms with E-state index in [2.05, 4.69) is 15.1 Å². The Morgan fingerprint density at radius 3 is 2.42 bits per heavy atom. The summed E-state index contributed by atoms with van der Waals surface area (Å²) in [7, 11) is 0. The lowest BCUT2D eigenvalue weighted by atomic mass is 10.3. The molecule has 124 valence electrons. The van der Waals surface area contributed by atoms with Crippen molar-refractivity contribution in [2.45, 2.75) is 6.92 Å². The van der Waals surface area contributed by atoms with Crippen molar-refractivity contribution in [3.63, 3.8) is 0 Å². The molecular formula is C18H20N4O2. The SMILES string of the molecule is C/C=C/C(=O)N1CCN(c2ccc(Oc3ccccc3)nn2)CC1. The van der Waals surface area contributed by atoms with E-state index >= 15 is 0 Å². The van der Waals surface area contributed by atoms with Crippen LogP contribution in [0.3, 0.4) is 0 Å². The molecule has 2 aromatic rings. The lowest BCUT2D eigenvalue weighted by Crippen LogP contribution is -2.48. The summed E-state index contributed by atoms with van der Waals surface area (Å²) in [4.78, 5) is 15.8. The Bertz CT molecular complexity index is 693. The molecule has 0 saturated carbocycles. The van der Waals surface area contributed by atoms with Gasteiger partial charge in [-0.2, -0.15) is 0 Å². The maximum Gasteiger partial charge on any atom is 0.246 e. The number of ether oxygens (including phenoxy) is 1. The molecule has 6 heteroatoms. The highest BCUT2D eigenvalue weighted by atomic mass is 16.5. The minimum absolute atomic E-state index is 0.0647. The first-order valence-electron chi connectivity index (χ1n) is 7.99. The molecule has 0 atom stereocenters. The van der Waals surface area contributed by atoms with E-state index in [4.69, 9.17) is 4.74 Å². The Morgan fingerprint density at radius 1 is 1.04 bits per heavy atom. The molecule has 24 heavy (non-hydrogen) atoms. The summed E-state index contributed by atoms with van der Waals surface area (Å²) in [6.07, 6.45) is 3.37. The summed E-state index contributed by atoms with van der Waals surface area (Å²) in [5, 5.41) is 8.37. The van der Waals surface area contributed by atoms with Crippen LogP contribution in [0, 0.1) is 0 Å². The first kappa shape index (κ1) is 16.0. The zero-order valence-electron chi connectivity index (χ0n) is 13.6. The van der Waals surface area contributed by atoms with Crippen LogP contribution in [-0.2, 0) is 4.79 Å². The summed E-state index contributed by atoms with van der Waals surface area (Å²) in [5.74, 6) is 2.06. The third-order valence-corrected chi connectivity index (χ3v) is 3.82. The molecule has 1 amide bonds. The van der Waals surface area contributed by atoms with Gasteiger partial charge < -0.3 is 14.5 Å². The fraction of sp³-hybridized carbons (Fsp3) is 0.278. The summed E-state index contributed by atoms with van der Waals surface area (Å²) in [6.45, 7) is 4.72. The molecule has 1 aromatic heterocycles. The second-order valence-electron chi connectivity index (χ2n) is 5.46. The highest BCUT2D eigenvalue weighted by Gasteiger charge is 2.20. The van der Waals surface area contributed by atoms with E-state index < -0.39 is 0 Å². The molecule has 1 aromatic carbocycles. The van der Waals surface area contributed by atoms with E-state index in [-0.39, 0.29) is 5.91 Å². The minimum atomic E-state index is 0.0647. The van der Waals surface area contributed by atoms with Gasteiger partial charge in [-0.05, 0) is 31.2 Å². The van der Waals surface area contributed by atoms with Crippen LogP contribution in [0.25, 0.3) is 0 Å². The van der Waals surface area contributed by atoms with Crippen LogP contribution in [0.2, 0.25) is 0 Å². The number of rotatable bonds is 4. The zero-order chi connectivity index (χ0) is 16.8. The van der Waals surface area contributed by atoms with Crippen molar-refractivity contribution in [1.82, 2.24) is 15.1 Å². The lowest BCUT2D eigenvalue weighted by molar-refractivity contribution is -0.126. The molecule has 6 nitrogen and oxygen atoms in total. The summed E-state index contributed by atoms with van der Waals surface area (Å²) >= 11 is 0. The van der Waals surface area contributed by atoms with Crippen molar-refractivity contribution in [2.24, 2.45) is 0 Å². The van der Waals surface area contributed by atoms with Crippen molar-refractivity contribution in [3.05, 3.63) is 54.6 Å². The Labute approximate surface area is 141 Å². The number of hydrogen-bond donors (Lipinski definition) is 0. The normalized spacial score (nSPS) is 14.9. The molecule has 1 fully saturated rings. The van der Waals surface area contributed by atoms with Gasteiger partial charge in [-0.15, -0.1) is 10.2 Å². The summed E-state index contributed by atoms with van der Waals surface area (Å²) in [6, 6.07) is 13.2. The molecule has 0 N–H and O–H groups in total. The van der Waals surface area contributed by atoms with Gasteiger partial charge in [0.25, 0.3) is 0 Å². The average Bonchev–Trinajstić information content (AvgIpc) is 2.64. The van der Waals surface area contributed by atoms with Crippen molar-refractivity contribution < 1.29 is 9.53 Å². The van der Waals surface area contributed by atoms with Crippen molar-refractivity contribution in [2.75, 3.05) is 31.1 Å². The number of benzene rings is 1. The van der Waals surface area contributed by atoms with Gasteiger partial charge in [0.15, 0.2) is 5.82 Å². The topological polar surface area (TPSA) is 58.6 Å². The highest BCUT2D eigenvalue weighted by molar-refractivity contribution is 5.87. The summed E-state index contributed by atoms with van der Waals surface area (Å²) < 4.78 is 5.64. The van der Waals surface area contributed by atoms with Gasteiger partial charge in [0.1, 0.15) is 5.75 Å². The highest BCUT2D eigenvalue weighted by Crippen LogP contribution is 2.20. The van der Waals surface area contributed by atoms with Gasteiger partial charge in [0.05, 0.1) is 0 Å². The molecule has 0 aliphatic carbocycles. The van der Waals surface area contributed by atoms with Crippen LogP contribution in [-0.4, -0.2) is 47.2 Å². The third-order valence-electron chi connectivity index (χ3n) is 3.82. The summed E-state index contributed by atoms with van der Waals surface area (Å²) in [5.41, 5.74) is 0. The van der Waals surface area contributed by atoms with Crippen LogP contribution in [0.1, 0.15) is 6.92 Å². The predicted octanol–water partition coefficient (Wildman–Crippen LogP) is 2.49.